The minimum Gasteiger partial charge on any atom is -0.0949 e. The highest BCUT2D eigenvalue weighted by Crippen LogP contribution is 2.54. The second-order valence-corrected chi connectivity index (χ2v) is 8.70. The molecule has 3 unspecified atom stereocenters. The lowest BCUT2D eigenvalue weighted by atomic mass is 9.68. The van der Waals surface area contributed by atoms with E-state index in [1.54, 1.807) is 5.57 Å². The fraction of sp³-hybridized carbons (Fsp3) is 0.267. The SMILES string of the molecule is C=C1/C(=C\C=C/c2ccccc2)CC2=CC(C)=C(C(C)CC)C(c3ccccc3)C12. The molecule has 0 radical (unpaired) electrons. The van der Waals surface area contributed by atoms with Crippen LogP contribution in [0.3, 0.4) is 0 Å². The Hall–Kier alpha value is -2.86. The van der Waals surface area contributed by atoms with E-state index in [4.69, 9.17) is 0 Å². The first-order valence-corrected chi connectivity index (χ1v) is 11.2. The Labute approximate surface area is 182 Å². The predicted molar refractivity (Wildman–Crippen MR) is 130 cm³/mol. The van der Waals surface area contributed by atoms with E-state index in [1.165, 1.54) is 39.8 Å². The Kier molecular flexibility index (Phi) is 6.04. The zero-order valence-electron chi connectivity index (χ0n) is 18.4. The van der Waals surface area contributed by atoms with Crippen LogP contribution in [0, 0.1) is 11.8 Å². The number of fused-ring (bicyclic) bond motifs is 1. The molecule has 0 aliphatic heterocycles. The van der Waals surface area contributed by atoms with Crippen LogP contribution in [0.25, 0.3) is 6.08 Å². The Morgan fingerprint density at radius 2 is 1.67 bits per heavy atom. The van der Waals surface area contributed by atoms with E-state index >= 15 is 0 Å². The van der Waals surface area contributed by atoms with Gasteiger partial charge < -0.3 is 0 Å². The second kappa shape index (κ2) is 8.88. The smallest absolute Gasteiger partial charge is 0.0163 e. The standard InChI is InChI=1S/C30H32/c1-5-21(2)28-22(3)19-27-20-26(18-12-15-24-13-8-6-9-14-24)23(4)29(27)30(28)25-16-10-7-11-17-25/h6-19,21,29-30H,4-5,20H2,1-3H3/b15-12-,26-18-. The summed E-state index contributed by atoms with van der Waals surface area (Å²) in [4.78, 5) is 0. The third-order valence-corrected chi connectivity index (χ3v) is 6.80. The first kappa shape index (κ1) is 20.4. The van der Waals surface area contributed by atoms with E-state index < -0.39 is 0 Å². The number of hydrogen-bond donors (Lipinski definition) is 0. The van der Waals surface area contributed by atoms with Gasteiger partial charge in [-0.3, -0.25) is 0 Å². The minimum atomic E-state index is 0.386. The highest BCUT2D eigenvalue weighted by Gasteiger charge is 2.41. The van der Waals surface area contributed by atoms with Crippen LogP contribution in [-0.2, 0) is 0 Å². The third-order valence-electron chi connectivity index (χ3n) is 6.80. The van der Waals surface area contributed by atoms with Gasteiger partial charge >= 0.3 is 0 Å². The minimum absolute atomic E-state index is 0.386. The molecule has 1 saturated carbocycles. The Balaban J connectivity index is 1.70. The van der Waals surface area contributed by atoms with Crippen LogP contribution < -0.4 is 0 Å². The normalized spacial score (nSPS) is 23.8. The van der Waals surface area contributed by atoms with E-state index in [0.717, 1.165) is 6.42 Å². The molecule has 0 N–H and O–H groups in total. The predicted octanol–water partition coefficient (Wildman–Crippen LogP) is 8.29. The zero-order chi connectivity index (χ0) is 21.1. The molecule has 2 aliphatic carbocycles. The Morgan fingerprint density at radius 1 is 1.00 bits per heavy atom. The lowest BCUT2D eigenvalue weighted by Gasteiger charge is -2.36. The van der Waals surface area contributed by atoms with E-state index in [9.17, 15) is 0 Å². The molecule has 0 saturated heterocycles. The average molecular weight is 393 g/mol. The van der Waals surface area contributed by atoms with Crippen molar-refractivity contribution in [3.63, 3.8) is 0 Å². The molecular weight excluding hydrogens is 360 g/mol. The summed E-state index contributed by atoms with van der Waals surface area (Å²) in [7, 11) is 0. The summed E-state index contributed by atoms with van der Waals surface area (Å²) in [6.45, 7) is 11.6. The van der Waals surface area contributed by atoms with Crippen LogP contribution in [0.15, 0.2) is 113 Å². The van der Waals surface area contributed by atoms with Gasteiger partial charge in [-0.2, -0.15) is 0 Å². The van der Waals surface area contributed by atoms with Gasteiger partial charge in [0.15, 0.2) is 0 Å². The van der Waals surface area contributed by atoms with Crippen LogP contribution in [0.1, 0.15) is 50.7 Å². The lowest BCUT2D eigenvalue weighted by molar-refractivity contribution is 0.521. The Bertz CT molecular complexity index is 1030. The summed E-state index contributed by atoms with van der Waals surface area (Å²) in [6, 6.07) is 21.6. The summed E-state index contributed by atoms with van der Waals surface area (Å²) in [5.41, 5.74) is 9.90. The first-order valence-electron chi connectivity index (χ1n) is 11.2. The third kappa shape index (κ3) is 3.92. The Morgan fingerprint density at radius 3 is 2.33 bits per heavy atom. The van der Waals surface area contributed by atoms with E-state index in [1.807, 2.05) is 0 Å². The van der Waals surface area contributed by atoms with E-state index in [-0.39, 0.29) is 0 Å². The number of hydrogen-bond acceptors (Lipinski definition) is 0. The lowest BCUT2D eigenvalue weighted by Crippen LogP contribution is -2.23. The molecule has 0 spiro atoms. The van der Waals surface area contributed by atoms with E-state index in [2.05, 4.69) is 112 Å². The van der Waals surface area contributed by atoms with Gasteiger partial charge in [-0.05, 0) is 48.0 Å². The maximum atomic E-state index is 4.60. The van der Waals surface area contributed by atoms with Gasteiger partial charge in [-0.1, -0.05) is 122 Å². The molecule has 0 bridgehead atoms. The van der Waals surface area contributed by atoms with Crippen molar-refractivity contribution in [3.8, 4) is 0 Å². The molecule has 2 aromatic rings. The molecule has 0 nitrogen and oxygen atoms in total. The number of rotatable bonds is 5. The van der Waals surface area contributed by atoms with Gasteiger partial charge in [-0.25, -0.2) is 0 Å². The van der Waals surface area contributed by atoms with Crippen LogP contribution in [0.5, 0.6) is 0 Å². The van der Waals surface area contributed by atoms with Gasteiger partial charge in [0.25, 0.3) is 0 Å². The molecule has 1 fully saturated rings. The molecule has 152 valence electrons. The van der Waals surface area contributed by atoms with Gasteiger partial charge in [0.1, 0.15) is 0 Å². The average Bonchev–Trinajstić information content (AvgIpc) is 3.08. The molecule has 0 heterocycles. The molecule has 2 aromatic carbocycles. The molecule has 30 heavy (non-hydrogen) atoms. The van der Waals surface area contributed by atoms with Crippen molar-refractivity contribution in [2.24, 2.45) is 11.8 Å². The van der Waals surface area contributed by atoms with Crippen LogP contribution >= 0.6 is 0 Å². The first-order chi connectivity index (χ1) is 14.6. The number of benzene rings is 2. The van der Waals surface area contributed by atoms with Crippen molar-refractivity contribution < 1.29 is 0 Å². The summed E-state index contributed by atoms with van der Waals surface area (Å²) < 4.78 is 0. The highest BCUT2D eigenvalue weighted by molar-refractivity contribution is 5.59. The van der Waals surface area contributed by atoms with Gasteiger partial charge in [-0.15, -0.1) is 0 Å². The highest BCUT2D eigenvalue weighted by atomic mass is 14.4. The summed E-state index contributed by atoms with van der Waals surface area (Å²) in [5, 5.41) is 0. The van der Waals surface area contributed by atoms with E-state index in [0.29, 0.717) is 17.8 Å². The van der Waals surface area contributed by atoms with Crippen molar-refractivity contribution in [2.75, 3.05) is 0 Å². The molecule has 2 aliphatic rings. The van der Waals surface area contributed by atoms with Gasteiger partial charge in [0.2, 0.25) is 0 Å². The molecular formula is C30H32. The molecule has 0 heteroatoms. The van der Waals surface area contributed by atoms with Crippen molar-refractivity contribution in [2.45, 2.75) is 39.5 Å². The molecule has 0 aromatic heterocycles. The maximum Gasteiger partial charge on any atom is 0.0163 e. The van der Waals surface area contributed by atoms with Crippen LogP contribution in [-0.4, -0.2) is 0 Å². The summed E-state index contributed by atoms with van der Waals surface area (Å²) >= 11 is 0. The zero-order valence-corrected chi connectivity index (χ0v) is 18.4. The summed E-state index contributed by atoms with van der Waals surface area (Å²) in [5.74, 6) is 1.36. The summed E-state index contributed by atoms with van der Waals surface area (Å²) in [6.07, 6.45) is 11.3. The van der Waals surface area contributed by atoms with Gasteiger partial charge in [0.05, 0.1) is 0 Å². The van der Waals surface area contributed by atoms with Crippen molar-refractivity contribution in [1.29, 1.82) is 0 Å². The van der Waals surface area contributed by atoms with Crippen LogP contribution in [0.2, 0.25) is 0 Å². The van der Waals surface area contributed by atoms with Crippen LogP contribution in [0.4, 0.5) is 0 Å². The fourth-order valence-corrected chi connectivity index (χ4v) is 5.16. The van der Waals surface area contributed by atoms with Crippen molar-refractivity contribution in [3.05, 3.63) is 124 Å². The quantitative estimate of drug-likeness (QED) is 0.480. The monoisotopic (exact) mass is 392 g/mol. The fourth-order valence-electron chi connectivity index (χ4n) is 5.16. The molecule has 0 amide bonds. The van der Waals surface area contributed by atoms with Crippen molar-refractivity contribution >= 4 is 6.08 Å². The maximum absolute atomic E-state index is 4.60. The number of allylic oxidation sites excluding steroid dienone is 8. The van der Waals surface area contributed by atoms with Crippen molar-refractivity contribution in [1.82, 2.24) is 0 Å². The largest absolute Gasteiger partial charge is 0.0949 e. The molecule has 4 rings (SSSR count). The second-order valence-electron chi connectivity index (χ2n) is 8.70. The molecule has 3 atom stereocenters. The van der Waals surface area contributed by atoms with Gasteiger partial charge in [0, 0.05) is 11.8 Å². The topological polar surface area (TPSA) is 0 Å².